The summed E-state index contributed by atoms with van der Waals surface area (Å²) >= 11 is 13.5. The molecule has 4 nitrogen and oxygen atoms in total. The lowest BCUT2D eigenvalue weighted by Crippen LogP contribution is -2.54. The van der Waals surface area contributed by atoms with Gasteiger partial charge in [0.05, 0.1) is 5.75 Å². The van der Waals surface area contributed by atoms with Gasteiger partial charge in [-0.1, -0.05) is 71.7 Å². The number of nitrogens with zero attached hydrogens (tertiary/aromatic N) is 1. The Morgan fingerprint density at radius 3 is 2.24 bits per heavy atom. The molecular weight excluding hydrogens is 530 g/mol. The van der Waals surface area contributed by atoms with Crippen LogP contribution < -0.4 is 5.32 Å². The average molecular weight is 562 g/mol. The van der Waals surface area contributed by atoms with E-state index < -0.39 is 17.4 Å². The molecule has 0 fully saturated rings. The van der Waals surface area contributed by atoms with Gasteiger partial charge in [-0.25, -0.2) is 4.39 Å². The number of hydrogen-bond donors (Lipinski definition) is 1. The molecule has 0 heterocycles. The standard InChI is InChI=1S/C29H31Cl2FN2O2S/c1-29(2,3)33-28(36)26(16-20-8-5-4-6-9-20)34(17-21-12-14-22(30)15-13-21)27(35)19-37-18-23-24(31)10-7-11-25(23)32/h4-15,26H,16-19H2,1-3H3,(H,33,36)/t26-/m0/s1. The lowest BCUT2D eigenvalue weighted by molar-refractivity contribution is -0.140. The molecule has 0 saturated carbocycles. The molecule has 0 bridgehead atoms. The van der Waals surface area contributed by atoms with E-state index in [0.717, 1.165) is 11.1 Å². The van der Waals surface area contributed by atoms with Crippen molar-refractivity contribution >= 4 is 46.8 Å². The third-order valence-electron chi connectivity index (χ3n) is 5.57. The van der Waals surface area contributed by atoms with Crippen molar-refractivity contribution in [2.45, 2.75) is 51.1 Å². The number of nitrogens with one attached hydrogen (secondary N) is 1. The van der Waals surface area contributed by atoms with Crippen molar-refractivity contribution in [3.63, 3.8) is 0 Å². The third-order valence-corrected chi connectivity index (χ3v) is 7.12. The fourth-order valence-corrected chi connectivity index (χ4v) is 5.16. The number of rotatable bonds is 10. The van der Waals surface area contributed by atoms with E-state index in [9.17, 15) is 14.0 Å². The van der Waals surface area contributed by atoms with Gasteiger partial charge in [0.25, 0.3) is 0 Å². The van der Waals surface area contributed by atoms with Gasteiger partial charge in [0, 0.05) is 39.9 Å². The van der Waals surface area contributed by atoms with Crippen LogP contribution in [0.3, 0.4) is 0 Å². The van der Waals surface area contributed by atoms with Crippen LogP contribution in [-0.2, 0) is 28.3 Å². The fourth-order valence-electron chi connectivity index (χ4n) is 3.79. The van der Waals surface area contributed by atoms with Crippen molar-refractivity contribution in [2.24, 2.45) is 0 Å². The zero-order chi connectivity index (χ0) is 27.0. The highest BCUT2D eigenvalue weighted by molar-refractivity contribution is 7.99. The quantitative estimate of drug-likeness (QED) is 0.292. The van der Waals surface area contributed by atoms with Crippen LogP contribution in [0.2, 0.25) is 10.0 Å². The minimum absolute atomic E-state index is 0.0618. The summed E-state index contributed by atoms with van der Waals surface area (Å²) < 4.78 is 14.2. The predicted molar refractivity (Wildman–Crippen MR) is 151 cm³/mol. The Kier molecular flexibility index (Phi) is 10.4. The number of carbonyl (C=O) groups excluding carboxylic acids is 2. The molecule has 0 radical (unpaired) electrons. The van der Waals surface area contributed by atoms with Crippen molar-refractivity contribution in [2.75, 3.05) is 5.75 Å². The molecule has 1 atom stereocenters. The molecule has 0 spiro atoms. The van der Waals surface area contributed by atoms with Crippen LogP contribution in [0.15, 0.2) is 72.8 Å². The van der Waals surface area contributed by atoms with Gasteiger partial charge in [0.2, 0.25) is 11.8 Å². The highest BCUT2D eigenvalue weighted by Gasteiger charge is 2.32. The van der Waals surface area contributed by atoms with Gasteiger partial charge in [-0.3, -0.25) is 9.59 Å². The molecule has 0 aromatic heterocycles. The lowest BCUT2D eigenvalue weighted by Gasteiger charge is -2.34. The van der Waals surface area contributed by atoms with E-state index in [1.807, 2.05) is 63.2 Å². The number of thioether (sulfide) groups is 1. The van der Waals surface area contributed by atoms with E-state index in [2.05, 4.69) is 5.32 Å². The maximum Gasteiger partial charge on any atom is 0.243 e. The molecule has 8 heteroatoms. The highest BCUT2D eigenvalue weighted by atomic mass is 35.5. The molecule has 37 heavy (non-hydrogen) atoms. The summed E-state index contributed by atoms with van der Waals surface area (Å²) in [5, 5.41) is 3.95. The Morgan fingerprint density at radius 1 is 0.946 bits per heavy atom. The molecule has 1 N–H and O–H groups in total. The zero-order valence-corrected chi connectivity index (χ0v) is 23.5. The minimum atomic E-state index is -0.748. The number of amides is 2. The summed E-state index contributed by atoms with van der Waals surface area (Å²) in [6.07, 6.45) is 0.353. The second kappa shape index (κ2) is 13.3. The summed E-state index contributed by atoms with van der Waals surface area (Å²) in [5.41, 5.74) is 1.67. The molecule has 3 aromatic rings. The van der Waals surface area contributed by atoms with E-state index >= 15 is 0 Å². The van der Waals surface area contributed by atoms with E-state index in [0.29, 0.717) is 22.0 Å². The predicted octanol–water partition coefficient (Wildman–Crippen LogP) is 6.92. The van der Waals surface area contributed by atoms with Crippen molar-refractivity contribution < 1.29 is 14.0 Å². The molecule has 196 valence electrons. The number of carbonyl (C=O) groups is 2. The second-order valence-electron chi connectivity index (χ2n) is 9.79. The first-order valence-corrected chi connectivity index (χ1v) is 13.8. The topological polar surface area (TPSA) is 49.4 Å². The number of hydrogen-bond acceptors (Lipinski definition) is 3. The minimum Gasteiger partial charge on any atom is -0.350 e. The molecule has 0 saturated heterocycles. The zero-order valence-electron chi connectivity index (χ0n) is 21.1. The van der Waals surface area contributed by atoms with E-state index in [-0.39, 0.29) is 29.9 Å². The van der Waals surface area contributed by atoms with Gasteiger partial charge < -0.3 is 10.2 Å². The Morgan fingerprint density at radius 2 is 1.62 bits per heavy atom. The van der Waals surface area contributed by atoms with Crippen molar-refractivity contribution in [1.29, 1.82) is 0 Å². The van der Waals surface area contributed by atoms with E-state index in [4.69, 9.17) is 23.2 Å². The summed E-state index contributed by atoms with van der Waals surface area (Å²) in [5.74, 6) is -0.564. The molecule has 3 rings (SSSR count). The molecule has 3 aromatic carbocycles. The Labute approximate surface area is 232 Å². The molecule has 0 aliphatic rings. The van der Waals surface area contributed by atoms with Crippen molar-refractivity contribution in [1.82, 2.24) is 10.2 Å². The highest BCUT2D eigenvalue weighted by Crippen LogP contribution is 2.25. The van der Waals surface area contributed by atoms with Crippen molar-refractivity contribution in [3.8, 4) is 0 Å². The summed E-state index contributed by atoms with van der Waals surface area (Å²) in [6.45, 7) is 5.95. The lowest BCUT2D eigenvalue weighted by atomic mass is 10.0. The Bertz CT molecular complexity index is 1180. The summed E-state index contributed by atoms with van der Waals surface area (Å²) in [4.78, 5) is 28.8. The first-order valence-electron chi connectivity index (χ1n) is 11.9. The van der Waals surface area contributed by atoms with E-state index in [1.54, 1.807) is 29.2 Å². The molecule has 0 aliphatic heterocycles. The van der Waals surface area contributed by atoms with Gasteiger partial charge in [0.15, 0.2) is 0 Å². The van der Waals surface area contributed by atoms with Crippen LogP contribution in [0.5, 0.6) is 0 Å². The van der Waals surface area contributed by atoms with Gasteiger partial charge in [-0.15, -0.1) is 11.8 Å². The first kappa shape index (κ1) is 29.0. The van der Waals surface area contributed by atoms with Crippen LogP contribution in [-0.4, -0.2) is 34.0 Å². The first-order chi connectivity index (χ1) is 17.5. The van der Waals surface area contributed by atoms with Crippen LogP contribution in [0.1, 0.15) is 37.5 Å². The number of halogens is 3. The largest absolute Gasteiger partial charge is 0.350 e. The maximum atomic E-state index is 14.2. The average Bonchev–Trinajstić information content (AvgIpc) is 2.83. The maximum absolute atomic E-state index is 14.2. The summed E-state index contributed by atoms with van der Waals surface area (Å²) in [7, 11) is 0. The second-order valence-corrected chi connectivity index (χ2v) is 11.6. The fraction of sp³-hybridized carbons (Fsp3) is 0.310. The smallest absolute Gasteiger partial charge is 0.243 e. The van der Waals surface area contributed by atoms with Crippen LogP contribution in [0.4, 0.5) is 4.39 Å². The Balaban J connectivity index is 1.88. The molecule has 2 amide bonds. The van der Waals surface area contributed by atoms with Crippen LogP contribution >= 0.6 is 35.0 Å². The van der Waals surface area contributed by atoms with Gasteiger partial charge in [-0.05, 0) is 56.2 Å². The monoisotopic (exact) mass is 560 g/mol. The van der Waals surface area contributed by atoms with Crippen molar-refractivity contribution in [3.05, 3.63) is 105 Å². The molecular formula is C29H31Cl2FN2O2S. The van der Waals surface area contributed by atoms with Crippen LogP contribution in [0.25, 0.3) is 0 Å². The normalized spacial score (nSPS) is 12.2. The Hall–Kier alpha value is -2.54. The molecule has 0 aliphatic carbocycles. The van der Waals surface area contributed by atoms with Gasteiger partial charge in [0.1, 0.15) is 11.9 Å². The third kappa shape index (κ3) is 9.06. The SMILES string of the molecule is CC(C)(C)NC(=O)[C@H](Cc1ccccc1)N(Cc1ccc(Cl)cc1)C(=O)CSCc1c(F)cccc1Cl. The van der Waals surface area contributed by atoms with Crippen LogP contribution in [0, 0.1) is 5.82 Å². The van der Waals surface area contributed by atoms with Gasteiger partial charge >= 0.3 is 0 Å². The van der Waals surface area contributed by atoms with E-state index in [1.165, 1.54) is 17.8 Å². The summed E-state index contributed by atoms with van der Waals surface area (Å²) in [6, 6.07) is 20.6. The van der Waals surface area contributed by atoms with Gasteiger partial charge in [-0.2, -0.15) is 0 Å². The molecule has 0 unspecified atom stereocenters. The number of benzene rings is 3.